The number of nitrogens with zero attached hydrogens (tertiary/aromatic N) is 2. The van der Waals surface area contributed by atoms with E-state index in [0.29, 0.717) is 11.3 Å². The predicted molar refractivity (Wildman–Crippen MR) is 101 cm³/mol. The summed E-state index contributed by atoms with van der Waals surface area (Å²) >= 11 is 0. The smallest absolute Gasteiger partial charge is 0.339 e. The number of rotatable bonds is 5. The minimum atomic E-state index is -1.09. The van der Waals surface area contributed by atoms with Gasteiger partial charge >= 0.3 is 5.97 Å². The van der Waals surface area contributed by atoms with E-state index >= 15 is 0 Å². The van der Waals surface area contributed by atoms with Gasteiger partial charge in [0.1, 0.15) is 0 Å². The maximum atomic E-state index is 12.7. The Labute approximate surface area is 162 Å². The SMILES string of the molecule is CN(C)C(=O)[C@@H](OC(=O)c1cccc(N2C(=O)CCC2=O)c1)c1ccccc1. The first kappa shape index (κ1) is 19.3. The van der Waals surface area contributed by atoms with Crippen molar-refractivity contribution in [1.29, 1.82) is 0 Å². The number of likely N-dealkylation sites (N-methyl/N-ethyl adjacent to an activating group) is 1. The van der Waals surface area contributed by atoms with Crippen molar-refractivity contribution in [2.75, 3.05) is 19.0 Å². The van der Waals surface area contributed by atoms with Gasteiger partial charge in [-0.3, -0.25) is 19.3 Å². The third-order valence-electron chi connectivity index (χ3n) is 4.38. The van der Waals surface area contributed by atoms with Crippen molar-refractivity contribution >= 4 is 29.4 Å². The number of carbonyl (C=O) groups excluding carboxylic acids is 4. The van der Waals surface area contributed by atoms with Gasteiger partial charge in [-0.1, -0.05) is 36.4 Å². The molecule has 28 heavy (non-hydrogen) atoms. The van der Waals surface area contributed by atoms with E-state index in [0.717, 1.165) is 4.90 Å². The van der Waals surface area contributed by atoms with E-state index in [1.165, 1.54) is 17.0 Å². The van der Waals surface area contributed by atoms with Crippen LogP contribution in [-0.2, 0) is 19.1 Å². The van der Waals surface area contributed by atoms with Crippen LogP contribution in [0.1, 0.15) is 34.9 Å². The molecule has 2 aromatic carbocycles. The molecule has 3 rings (SSSR count). The second kappa shape index (κ2) is 8.04. The molecule has 0 spiro atoms. The highest BCUT2D eigenvalue weighted by molar-refractivity contribution is 6.20. The van der Waals surface area contributed by atoms with Gasteiger partial charge in [0, 0.05) is 32.5 Å². The van der Waals surface area contributed by atoms with Crippen LogP contribution in [0.15, 0.2) is 54.6 Å². The zero-order valence-electron chi connectivity index (χ0n) is 15.6. The summed E-state index contributed by atoms with van der Waals surface area (Å²) in [5, 5.41) is 0. The lowest BCUT2D eigenvalue weighted by Gasteiger charge is -2.21. The maximum absolute atomic E-state index is 12.7. The molecule has 0 aliphatic carbocycles. The van der Waals surface area contributed by atoms with Crippen molar-refractivity contribution in [1.82, 2.24) is 4.90 Å². The molecule has 7 nitrogen and oxygen atoms in total. The highest BCUT2D eigenvalue weighted by Crippen LogP contribution is 2.25. The number of carbonyl (C=O) groups is 4. The Morgan fingerprint density at radius 3 is 2.21 bits per heavy atom. The van der Waals surface area contributed by atoms with Crippen molar-refractivity contribution in [3.63, 3.8) is 0 Å². The largest absolute Gasteiger partial charge is 0.444 e. The fraction of sp³-hybridized carbons (Fsp3) is 0.238. The van der Waals surface area contributed by atoms with Crippen molar-refractivity contribution in [3.8, 4) is 0 Å². The summed E-state index contributed by atoms with van der Waals surface area (Å²) in [5.74, 6) is -1.70. The van der Waals surface area contributed by atoms with Crippen LogP contribution < -0.4 is 4.90 Å². The van der Waals surface area contributed by atoms with E-state index in [1.807, 2.05) is 0 Å². The van der Waals surface area contributed by atoms with Gasteiger partial charge in [-0.25, -0.2) is 4.79 Å². The molecular weight excluding hydrogens is 360 g/mol. The molecule has 0 unspecified atom stereocenters. The van der Waals surface area contributed by atoms with Crippen molar-refractivity contribution < 1.29 is 23.9 Å². The quantitative estimate of drug-likeness (QED) is 0.587. The van der Waals surface area contributed by atoms with Gasteiger partial charge in [0.05, 0.1) is 11.3 Å². The van der Waals surface area contributed by atoms with Gasteiger partial charge in [-0.05, 0) is 18.2 Å². The molecule has 1 saturated heterocycles. The van der Waals surface area contributed by atoms with Crippen LogP contribution in [0, 0.1) is 0 Å². The monoisotopic (exact) mass is 380 g/mol. The number of hydrogen-bond donors (Lipinski definition) is 0. The first-order chi connectivity index (χ1) is 13.4. The Morgan fingerprint density at radius 2 is 1.61 bits per heavy atom. The lowest BCUT2D eigenvalue weighted by molar-refractivity contribution is -0.138. The minimum Gasteiger partial charge on any atom is -0.444 e. The third kappa shape index (κ3) is 3.93. The van der Waals surface area contributed by atoms with Crippen LogP contribution in [0.25, 0.3) is 0 Å². The molecular formula is C21H20N2O5. The standard InChI is InChI=1S/C21H20N2O5/c1-22(2)20(26)19(14-7-4-3-5-8-14)28-21(27)15-9-6-10-16(13-15)23-17(24)11-12-18(23)25/h3-10,13,19H,11-12H2,1-2H3/t19-/m0/s1. The number of hydrogen-bond acceptors (Lipinski definition) is 5. The average Bonchev–Trinajstić information content (AvgIpc) is 3.04. The van der Waals surface area contributed by atoms with Crippen LogP contribution in [0.2, 0.25) is 0 Å². The minimum absolute atomic E-state index is 0.150. The summed E-state index contributed by atoms with van der Waals surface area (Å²) in [6.07, 6.45) is -0.788. The van der Waals surface area contributed by atoms with Gasteiger partial charge < -0.3 is 9.64 Å². The lowest BCUT2D eigenvalue weighted by atomic mass is 10.1. The highest BCUT2D eigenvalue weighted by Gasteiger charge is 2.31. The van der Waals surface area contributed by atoms with Crippen molar-refractivity contribution in [2.45, 2.75) is 18.9 Å². The summed E-state index contributed by atoms with van der Waals surface area (Å²) in [6, 6.07) is 14.8. The lowest BCUT2D eigenvalue weighted by Crippen LogP contribution is -2.31. The molecule has 144 valence electrons. The molecule has 0 aromatic heterocycles. The fourth-order valence-electron chi connectivity index (χ4n) is 2.93. The molecule has 1 aliphatic heterocycles. The number of benzene rings is 2. The van der Waals surface area contributed by atoms with E-state index in [9.17, 15) is 19.2 Å². The van der Waals surface area contributed by atoms with E-state index in [2.05, 4.69) is 0 Å². The highest BCUT2D eigenvalue weighted by atomic mass is 16.5. The summed E-state index contributed by atoms with van der Waals surface area (Å²) < 4.78 is 5.50. The van der Waals surface area contributed by atoms with Crippen LogP contribution in [0.4, 0.5) is 5.69 Å². The number of amides is 3. The molecule has 7 heteroatoms. The Kier molecular flexibility index (Phi) is 5.54. The molecule has 3 amide bonds. The Bertz CT molecular complexity index is 907. The van der Waals surface area contributed by atoms with Gasteiger partial charge in [-0.15, -0.1) is 0 Å². The number of anilines is 1. The molecule has 0 N–H and O–H groups in total. The molecule has 0 bridgehead atoms. The van der Waals surface area contributed by atoms with Crippen molar-refractivity contribution in [2.24, 2.45) is 0 Å². The molecule has 1 heterocycles. The summed E-state index contributed by atoms with van der Waals surface area (Å²) in [5.41, 5.74) is 1.02. The van der Waals surface area contributed by atoms with Crippen LogP contribution in [-0.4, -0.2) is 42.7 Å². The zero-order chi connectivity index (χ0) is 20.3. The second-order valence-corrected chi connectivity index (χ2v) is 6.60. The molecule has 0 saturated carbocycles. The second-order valence-electron chi connectivity index (χ2n) is 6.60. The molecule has 0 radical (unpaired) electrons. The van der Waals surface area contributed by atoms with Gasteiger partial charge in [0.15, 0.2) is 0 Å². The topological polar surface area (TPSA) is 84.0 Å². The van der Waals surface area contributed by atoms with E-state index < -0.39 is 12.1 Å². The first-order valence-corrected chi connectivity index (χ1v) is 8.81. The normalized spacial score (nSPS) is 14.7. The number of imide groups is 1. The number of esters is 1. The Hall–Kier alpha value is -3.48. The average molecular weight is 380 g/mol. The zero-order valence-corrected chi connectivity index (χ0v) is 15.6. The fourth-order valence-corrected chi connectivity index (χ4v) is 2.93. The Balaban J connectivity index is 1.86. The van der Waals surface area contributed by atoms with Gasteiger partial charge in [-0.2, -0.15) is 0 Å². The van der Waals surface area contributed by atoms with E-state index in [1.54, 1.807) is 56.6 Å². The molecule has 1 aliphatic rings. The third-order valence-corrected chi connectivity index (χ3v) is 4.38. The van der Waals surface area contributed by atoms with Crippen LogP contribution >= 0.6 is 0 Å². The van der Waals surface area contributed by atoms with Crippen molar-refractivity contribution in [3.05, 3.63) is 65.7 Å². The number of ether oxygens (including phenoxy) is 1. The summed E-state index contributed by atoms with van der Waals surface area (Å²) in [7, 11) is 3.16. The molecule has 1 fully saturated rings. The van der Waals surface area contributed by atoms with Gasteiger partial charge in [0.2, 0.25) is 17.9 Å². The summed E-state index contributed by atoms with van der Waals surface area (Å²) in [4.78, 5) is 51.5. The van der Waals surface area contributed by atoms with E-state index in [4.69, 9.17) is 4.74 Å². The van der Waals surface area contributed by atoms with Gasteiger partial charge in [0.25, 0.3) is 5.91 Å². The van der Waals surface area contributed by atoms with Crippen LogP contribution in [0.5, 0.6) is 0 Å². The predicted octanol–water partition coefficient (Wildman–Crippen LogP) is 2.33. The van der Waals surface area contributed by atoms with E-state index in [-0.39, 0.29) is 36.1 Å². The summed E-state index contributed by atoms with van der Waals surface area (Å²) in [6.45, 7) is 0. The Morgan fingerprint density at radius 1 is 0.964 bits per heavy atom. The molecule has 2 aromatic rings. The first-order valence-electron chi connectivity index (χ1n) is 8.81. The van der Waals surface area contributed by atoms with Crippen LogP contribution in [0.3, 0.4) is 0 Å². The molecule has 1 atom stereocenters. The maximum Gasteiger partial charge on any atom is 0.339 e.